The van der Waals surface area contributed by atoms with Gasteiger partial charge >= 0.3 is 0 Å². The predicted molar refractivity (Wildman–Crippen MR) is 121 cm³/mol. The minimum absolute atomic E-state index is 0.171. The molecule has 1 heterocycles. The Morgan fingerprint density at radius 1 is 1.03 bits per heavy atom. The number of hydrogen-bond acceptors (Lipinski definition) is 5. The second-order valence-corrected chi connectivity index (χ2v) is 7.94. The lowest BCUT2D eigenvalue weighted by Crippen LogP contribution is -2.19. The maximum Gasteiger partial charge on any atom is 0.242 e. The third-order valence-corrected chi connectivity index (χ3v) is 6.06. The zero-order chi connectivity index (χ0) is 20.9. The number of aromatic nitrogens is 2. The molecule has 0 fully saturated rings. The maximum absolute atomic E-state index is 13.3. The van der Waals surface area contributed by atoms with Crippen LogP contribution in [0.5, 0.6) is 5.75 Å². The normalized spacial score (nSPS) is 11.8. The lowest BCUT2D eigenvalue weighted by molar-refractivity contribution is -0.115. The summed E-state index contributed by atoms with van der Waals surface area (Å²) in [6.07, 6.45) is 1.52. The fourth-order valence-electron chi connectivity index (χ4n) is 3.04. The van der Waals surface area contributed by atoms with Gasteiger partial charge in [0.2, 0.25) is 5.91 Å². The van der Waals surface area contributed by atoms with E-state index in [9.17, 15) is 4.79 Å². The van der Waals surface area contributed by atoms with Crippen LogP contribution in [-0.4, -0.2) is 23.0 Å². The van der Waals surface area contributed by atoms with Crippen molar-refractivity contribution in [1.29, 1.82) is 0 Å². The van der Waals surface area contributed by atoms with Crippen molar-refractivity contribution < 1.29 is 9.53 Å². The number of carbonyl (C=O) groups is 1. The van der Waals surface area contributed by atoms with Gasteiger partial charge in [-0.05, 0) is 29.8 Å². The van der Waals surface area contributed by atoms with Crippen molar-refractivity contribution in [3.8, 4) is 5.75 Å². The molecule has 0 aliphatic carbocycles. The Labute approximate surface area is 183 Å². The third-order valence-electron chi connectivity index (χ3n) is 4.50. The Morgan fingerprint density at radius 3 is 2.57 bits per heavy atom. The molecule has 0 saturated heterocycles. The van der Waals surface area contributed by atoms with Gasteiger partial charge in [-0.3, -0.25) is 4.79 Å². The fourth-order valence-corrected chi connectivity index (χ4v) is 4.39. The highest BCUT2D eigenvalue weighted by Crippen LogP contribution is 2.38. The Bertz CT molecular complexity index is 1180. The second kappa shape index (κ2) is 9.15. The number of carbonyl (C=O) groups excluding carboxylic acids is 1. The van der Waals surface area contributed by atoms with Crippen LogP contribution in [0.2, 0.25) is 5.02 Å². The Kier molecular flexibility index (Phi) is 6.16. The number of anilines is 1. The summed E-state index contributed by atoms with van der Waals surface area (Å²) in [7, 11) is 1.55. The molecule has 0 aliphatic heterocycles. The molecule has 4 aromatic rings. The maximum atomic E-state index is 13.3. The number of thioether (sulfide) groups is 1. The molecule has 0 saturated carbocycles. The lowest BCUT2D eigenvalue weighted by atomic mass is 10.1. The van der Waals surface area contributed by atoms with Gasteiger partial charge < -0.3 is 10.1 Å². The second-order valence-electron chi connectivity index (χ2n) is 6.44. The van der Waals surface area contributed by atoms with Gasteiger partial charge in [0, 0.05) is 11.1 Å². The predicted octanol–water partition coefficient (Wildman–Crippen LogP) is 5.76. The van der Waals surface area contributed by atoms with Crippen molar-refractivity contribution in [1.82, 2.24) is 9.97 Å². The third kappa shape index (κ3) is 4.40. The molecule has 4 rings (SSSR count). The van der Waals surface area contributed by atoms with Gasteiger partial charge in [0.1, 0.15) is 22.4 Å². The summed E-state index contributed by atoms with van der Waals surface area (Å²) < 4.78 is 5.18. The number of nitrogens with zero attached hydrogens (tertiary/aromatic N) is 2. The van der Waals surface area contributed by atoms with Gasteiger partial charge in [0.15, 0.2) is 0 Å². The average Bonchev–Trinajstić information content (AvgIpc) is 2.78. The van der Waals surface area contributed by atoms with E-state index in [1.54, 1.807) is 25.3 Å². The molecule has 0 radical (unpaired) electrons. The van der Waals surface area contributed by atoms with Crippen molar-refractivity contribution in [2.75, 3.05) is 12.4 Å². The largest absolute Gasteiger partial charge is 0.495 e. The summed E-state index contributed by atoms with van der Waals surface area (Å²) in [5, 5.41) is 4.54. The van der Waals surface area contributed by atoms with Crippen LogP contribution in [0.25, 0.3) is 10.9 Å². The Morgan fingerprint density at radius 2 is 1.80 bits per heavy atom. The monoisotopic (exact) mass is 435 g/mol. The summed E-state index contributed by atoms with van der Waals surface area (Å²) in [6, 6.07) is 22.5. The van der Waals surface area contributed by atoms with E-state index in [2.05, 4.69) is 15.3 Å². The number of para-hydroxylation sites is 1. The number of amides is 1. The number of fused-ring (bicyclic) bond motifs is 1. The van der Waals surface area contributed by atoms with Crippen molar-refractivity contribution in [2.24, 2.45) is 0 Å². The standard InChI is InChI=1S/C23H18ClN3O2S/c1-29-20-12-11-16(13-18(20)24)27-22(28)21(15-7-3-2-4-8-15)30-23-17-9-5-6-10-19(17)25-14-26-23/h2-14,21H,1H3,(H,27,28)/t21-/m0/s1. The van der Waals surface area contributed by atoms with Crippen molar-refractivity contribution in [2.45, 2.75) is 10.3 Å². The summed E-state index contributed by atoms with van der Waals surface area (Å²) in [4.78, 5) is 22.0. The molecule has 0 spiro atoms. The Balaban J connectivity index is 1.66. The summed E-state index contributed by atoms with van der Waals surface area (Å²) >= 11 is 7.60. The van der Waals surface area contributed by atoms with E-state index in [1.807, 2.05) is 54.6 Å². The summed E-state index contributed by atoms with van der Waals surface area (Å²) in [5.74, 6) is 0.381. The van der Waals surface area contributed by atoms with Crippen LogP contribution in [0.4, 0.5) is 5.69 Å². The highest BCUT2D eigenvalue weighted by molar-refractivity contribution is 8.00. The molecule has 1 atom stereocenters. The molecule has 5 nitrogen and oxygen atoms in total. The van der Waals surface area contributed by atoms with Crippen LogP contribution >= 0.6 is 23.4 Å². The van der Waals surface area contributed by atoms with Gasteiger partial charge in [-0.15, -0.1) is 0 Å². The van der Waals surface area contributed by atoms with Crippen molar-refractivity contribution >= 4 is 45.9 Å². The molecule has 3 aromatic carbocycles. The molecule has 1 aromatic heterocycles. The zero-order valence-corrected chi connectivity index (χ0v) is 17.7. The van der Waals surface area contributed by atoms with Crippen LogP contribution in [0.15, 0.2) is 84.1 Å². The number of nitrogens with one attached hydrogen (secondary N) is 1. The molecule has 0 bridgehead atoms. The lowest BCUT2D eigenvalue weighted by Gasteiger charge is -2.17. The molecule has 30 heavy (non-hydrogen) atoms. The van der Waals surface area contributed by atoms with Crippen molar-refractivity contribution in [3.63, 3.8) is 0 Å². The molecular formula is C23H18ClN3O2S. The van der Waals surface area contributed by atoms with Gasteiger partial charge in [0.05, 0.1) is 17.6 Å². The van der Waals surface area contributed by atoms with E-state index in [-0.39, 0.29) is 5.91 Å². The average molecular weight is 436 g/mol. The zero-order valence-electron chi connectivity index (χ0n) is 16.1. The van der Waals surface area contributed by atoms with E-state index in [0.717, 1.165) is 21.5 Å². The van der Waals surface area contributed by atoms with Crippen LogP contribution in [0.1, 0.15) is 10.8 Å². The van der Waals surface area contributed by atoms with Gasteiger partial charge in [-0.25, -0.2) is 9.97 Å². The number of hydrogen-bond donors (Lipinski definition) is 1. The minimum atomic E-state index is -0.509. The smallest absolute Gasteiger partial charge is 0.242 e. The fraction of sp³-hybridized carbons (Fsp3) is 0.0870. The number of rotatable bonds is 6. The number of halogens is 1. The highest BCUT2D eigenvalue weighted by Gasteiger charge is 2.24. The van der Waals surface area contributed by atoms with Crippen LogP contribution in [-0.2, 0) is 4.79 Å². The number of methoxy groups -OCH3 is 1. The quantitative estimate of drug-likeness (QED) is 0.308. The molecule has 150 valence electrons. The number of benzene rings is 3. The molecule has 0 aliphatic rings. The van der Waals surface area contributed by atoms with Crippen LogP contribution in [0.3, 0.4) is 0 Å². The molecule has 1 amide bonds. The SMILES string of the molecule is COc1ccc(NC(=O)[C@@H](Sc2ncnc3ccccc23)c2ccccc2)cc1Cl. The highest BCUT2D eigenvalue weighted by atomic mass is 35.5. The van der Waals surface area contributed by atoms with E-state index >= 15 is 0 Å². The van der Waals surface area contributed by atoms with E-state index in [1.165, 1.54) is 18.1 Å². The minimum Gasteiger partial charge on any atom is -0.495 e. The van der Waals surface area contributed by atoms with Gasteiger partial charge in [-0.1, -0.05) is 71.9 Å². The van der Waals surface area contributed by atoms with Gasteiger partial charge in [-0.2, -0.15) is 0 Å². The van der Waals surface area contributed by atoms with E-state index < -0.39 is 5.25 Å². The first-order valence-corrected chi connectivity index (χ1v) is 10.5. The van der Waals surface area contributed by atoms with Crippen LogP contribution in [0, 0.1) is 0 Å². The number of ether oxygens (including phenoxy) is 1. The van der Waals surface area contributed by atoms with Gasteiger partial charge in [0.25, 0.3) is 0 Å². The molecule has 7 heteroatoms. The first kappa shape index (κ1) is 20.2. The molecule has 0 unspecified atom stereocenters. The first-order valence-electron chi connectivity index (χ1n) is 9.21. The topological polar surface area (TPSA) is 64.1 Å². The van der Waals surface area contributed by atoms with Crippen molar-refractivity contribution in [3.05, 3.63) is 89.7 Å². The first-order chi connectivity index (χ1) is 14.7. The van der Waals surface area contributed by atoms with Crippen LogP contribution < -0.4 is 10.1 Å². The summed E-state index contributed by atoms with van der Waals surface area (Å²) in [5.41, 5.74) is 2.31. The van der Waals surface area contributed by atoms with E-state index in [0.29, 0.717) is 16.5 Å². The van der Waals surface area contributed by atoms with E-state index in [4.69, 9.17) is 16.3 Å². The molecular weight excluding hydrogens is 418 g/mol. The molecule has 1 N–H and O–H groups in total. The summed E-state index contributed by atoms with van der Waals surface area (Å²) in [6.45, 7) is 0. The Hall–Kier alpha value is -3.09.